The summed E-state index contributed by atoms with van der Waals surface area (Å²) in [5.74, 6) is 0.324. The molecule has 0 saturated heterocycles. The lowest BCUT2D eigenvalue weighted by molar-refractivity contribution is -0.138. The fourth-order valence-corrected chi connectivity index (χ4v) is 11.4. The second-order valence-electron chi connectivity index (χ2n) is 18.4. The van der Waals surface area contributed by atoms with Crippen molar-refractivity contribution >= 4 is 57.7 Å². The van der Waals surface area contributed by atoms with Crippen LogP contribution in [0.4, 0.5) is 22.2 Å². The quantitative estimate of drug-likeness (QED) is 0.0880. The number of carbonyl (C=O) groups is 5. The van der Waals surface area contributed by atoms with Crippen LogP contribution in [0.5, 0.6) is 0 Å². The molecule has 65 heavy (non-hydrogen) atoms. The minimum atomic E-state index is -0.527. The number of carbonyl (C=O) groups excluding carboxylic acids is 5. The normalized spacial score (nSPS) is 23.9. The number of Topliss-reactive ketones (excluding diaryl/α,β-unsaturated/α-hetero) is 2. The Hall–Kier alpha value is -5.44. The van der Waals surface area contributed by atoms with E-state index in [4.69, 9.17) is 26.2 Å². The smallest absolute Gasteiger partial charge is 0.323 e. The Kier molecular flexibility index (Phi) is 13.5. The number of hydrogen-bond acceptors (Lipinski definition) is 11. The molecule has 3 amide bonds. The largest absolute Gasteiger partial charge is 0.407 e. The zero-order chi connectivity index (χ0) is 45.2. The number of anilines is 3. The molecule has 14 nitrogen and oxygen atoms in total. The summed E-state index contributed by atoms with van der Waals surface area (Å²) in [4.78, 5) is 70.1. The van der Waals surface area contributed by atoms with Crippen LogP contribution in [0.15, 0.2) is 83.3 Å². The molecule has 4 aromatic rings. The lowest BCUT2D eigenvalue weighted by Crippen LogP contribution is -2.51. The van der Waals surface area contributed by atoms with E-state index in [9.17, 15) is 24.0 Å². The molecule has 2 aliphatic heterocycles. The summed E-state index contributed by atoms with van der Waals surface area (Å²) in [6, 6.07) is 27.0. The average Bonchev–Trinajstić information content (AvgIpc) is 4.19. The summed E-state index contributed by atoms with van der Waals surface area (Å²) in [5, 5.41) is 26.5. The molecule has 3 aromatic carbocycles. The van der Waals surface area contributed by atoms with E-state index in [1.54, 1.807) is 4.90 Å². The number of aromatic nitrogens is 2. The van der Waals surface area contributed by atoms with Crippen molar-refractivity contribution in [2.45, 2.75) is 133 Å². The lowest BCUT2D eigenvalue weighted by Gasteiger charge is -2.47. The Bertz CT molecular complexity index is 2390. The second-order valence-corrected chi connectivity index (χ2v) is 18.7. The third-order valence-corrected chi connectivity index (χ3v) is 14.4. The van der Waals surface area contributed by atoms with Crippen LogP contribution in [0.2, 0.25) is 0 Å². The molecule has 15 heteroatoms. The van der Waals surface area contributed by atoms with E-state index in [1.807, 2.05) is 59.5 Å². The number of amides is 3. The van der Waals surface area contributed by atoms with Gasteiger partial charge in [-0.2, -0.15) is 0 Å². The van der Waals surface area contributed by atoms with E-state index in [0.717, 1.165) is 92.3 Å². The Morgan fingerprint density at radius 2 is 1.12 bits per heavy atom. The number of hydrogen-bond donors (Lipinski definition) is 2. The summed E-state index contributed by atoms with van der Waals surface area (Å²) in [6.07, 6.45) is 10.8. The Labute approximate surface area is 383 Å². The van der Waals surface area contributed by atoms with E-state index in [1.165, 1.54) is 0 Å². The molecule has 342 valence electrons. The molecule has 10 rings (SSSR count). The fraction of sp³-hybridized carbons (Fsp3) is 0.500. The van der Waals surface area contributed by atoms with Crippen molar-refractivity contribution in [2.75, 3.05) is 23.0 Å². The lowest BCUT2D eigenvalue weighted by atomic mass is 9.81. The maximum absolute atomic E-state index is 13.5. The summed E-state index contributed by atoms with van der Waals surface area (Å²) in [7, 11) is 0. The van der Waals surface area contributed by atoms with Crippen LogP contribution in [-0.2, 0) is 25.6 Å². The molecule has 3 heterocycles. The number of halogens is 1. The van der Waals surface area contributed by atoms with Gasteiger partial charge < -0.3 is 24.4 Å². The monoisotopic (exact) mass is 904 g/mol. The van der Waals surface area contributed by atoms with Gasteiger partial charge in [0.15, 0.2) is 11.6 Å². The van der Waals surface area contributed by atoms with Gasteiger partial charge in [-0.25, -0.2) is 0 Å². The predicted molar refractivity (Wildman–Crippen MR) is 242 cm³/mol. The van der Waals surface area contributed by atoms with Crippen LogP contribution in [0, 0.1) is 11.8 Å². The van der Waals surface area contributed by atoms with Crippen molar-refractivity contribution in [1.82, 2.24) is 20.0 Å². The minimum absolute atomic E-state index is 0.00183. The first kappa shape index (κ1) is 44.7. The van der Waals surface area contributed by atoms with Gasteiger partial charge in [-0.15, -0.1) is 5.10 Å². The highest BCUT2D eigenvalue weighted by Gasteiger charge is 2.53. The van der Waals surface area contributed by atoms with E-state index < -0.39 is 18.6 Å². The summed E-state index contributed by atoms with van der Waals surface area (Å²) in [5.41, 5.74) is 4.99. The standard InChI is InChI=1S/C29H32N4O4.C21H25ClN2O4/c34-18-21(35)15-16-27(36)32(20-13-14-20)28-22-9-4-5-11-24(22)33(25-12-6-10-23(25)28)29-31-30-26(37-29)17-19-7-2-1-3-8-19;22-21(28)24-17-6-2-1-4-15(17)20(16-5-3-7-18(16)24)23(13-8-9-13)19(27)11-10-14(26)12-25/h1-5,7-9,11,20,23,25,28,34H,6,10,12-18H2;1-2,4,6,13,16,18,20,25H,3,5,7-12H2. The van der Waals surface area contributed by atoms with Crippen molar-refractivity contribution in [1.29, 1.82) is 0 Å². The maximum Gasteiger partial charge on any atom is 0.323 e. The van der Waals surface area contributed by atoms with Gasteiger partial charge in [0, 0.05) is 61.7 Å². The van der Waals surface area contributed by atoms with Gasteiger partial charge in [-0.05, 0) is 91.8 Å². The van der Waals surface area contributed by atoms with Crippen LogP contribution in [0.3, 0.4) is 0 Å². The number of aliphatic hydroxyl groups is 2. The van der Waals surface area contributed by atoms with E-state index >= 15 is 0 Å². The van der Waals surface area contributed by atoms with Gasteiger partial charge in [0.2, 0.25) is 17.7 Å². The summed E-state index contributed by atoms with van der Waals surface area (Å²) >= 11 is 5.96. The molecule has 0 bridgehead atoms. The third kappa shape index (κ3) is 9.35. The second kappa shape index (κ2) is 19.6. The number of ketones is 2. The zero-order valence-corrected chi connectivity index (χ0v) is 37.3. The first-order valence-corrected chi connectivity index (χ1v) is 23.7. The predicted octanol–water partition coefficient (Wildman–Crippen LogP) is 7.76. The van der Waals surface area contributed by atoms with Crippen LogP contribution < -0.4 is 9.80 Å². The maximum atomic E-state index is 13.5. The molecule has 1 aromatic heterocycles. The molecular weight excluding hydrogens is 848 g/mol. The molecule has 0 spiro atoms. The molecule has 6 unspecified atom stereocenters. The number of fused-ring (bicyclic) bond motifs is 4. The van der Waals surface area contributed by atoms with E-state index in [-0.39, 0.29) is 97.2 Å². The van der Waals surface area contributed by atoms with Gasteiger partial charge in [-0.1, -0.05) is 84.7 Å². The van der Waals surface area contributed by atoms with Gasteiger partial charge in [0.05, 0.1) is 29.9 Å². The van der Waals surface area contributed by atoms with Crippen molar-refractivity contribution in [3.05, 3.63) is 101 Å². The fourth-order valence-electron chi connectivity index (χ4n) is 11.2. The Morgan fingerprint density at radius 3 is 1.68 bits per heavy atom. The Balaban J connectivity index is 0.000000171. The van der Waals surface area contributed by atoms with Crippen molar-refractivity contribution in [3.8, 4) is 0 Å². The van der Waals surface area contributed by atoms with E-state index in [2.05, 4.69) is 44.3 Å². The molecule has 0 radical (unpaired) electrons. The third-order valence-electron chi connectivity index (χ3n) is 14.3. The Morgan fingerprint density at radius 1 is 0.615 bits per heavy atom. The first-order valence-electron chi connectivity index (χ1n) is 23.4. The van der Waals surface area contributed by atoms with Crippen LogP contribution in [0.25, 0.3) is 0 Å². The topological polar surface area (TPSA) is 178 Å². The average molecular weight is 905 g/mol. The van der Waals surface area contributed by atoms with Gasteiger partial charge >= 0.3 is 11.4 Å². The SMILES string of the molecule is O=C(CO)CCC(=O)N(C1CC1)C1c2ccccc2N(C(=O)Cl)C2CCCC21.O=C(CO)CCC(=O)N(C1CC1)C1c2ccccc2N(c2nnc(Cc3ccccc3)o2)C2CCCC21. The van der Waals surface area contributed by atoms with Gasteiger partial charge in [-0.3, -0.25) is 33.8 Å². The van der Waals surface area contributed by atoms with Gasteiger partial charge in [0.1, 0.15) is 13.2 Å². The number of nitrogens with zero attached hydrogens (tertiary/aromatic N) is 6. The molecule has 4 aliphatic carbocycles. The molecule has 4 fully saturated rings. The van der Waals surface area contributed by atoms with E-state index in [0.29, 0.717) is 18.3 Å². The zero-order valence-electron chi connectivity index (χ0n) is 36.6. The molecule has 4 saturated carbocycles. The van der Waals surface area contributed by atoms with Crippen molar-refractivity contribution in [3.63, 3.8) is 0 Å². The van der Waals surface area contributed by atoms with Gasteiger partial charge in [0.25, 0.3) is 0 Å². The summed E-state index contributed by atoms with van der Waals surface area (Å²) in [6.45, 7) is -1.04. The molecule has 6 aliphatic rings. The number of rotatable bonds is 15. The first-order chi connectivity index (χ1) is 31.7. The van der Waals surface area contributed by atoms with Crippen LogP contribution >= 0.6 is 11.6 Å². The highest BCUT2D eigenvalue weighted by Crippen LogP contribution is 2.55. The molecule has 2 N–H and O–H groups in total. The van der Waals surface area contributed by atoms with Crippen LogP contribution in [0.1, 0.15) is 125 Å². The number of benzene rings is 3. The highest BCUT2D eigenvalue weighted by atomic mass is 35.5. The number of para-hydroxylation sites is 2. The summed E-state index contributed by atoms with van der Waals surface area (Å²) < 4.78 is 6.23. The van der Waals surface area contributed by atoms with Crippen molar-refractivity contribution in [2.24, 2.45) is 11.8 Å². The number of aliphatic hydroxyl groups excluding tert-OH is 2. The van der Waals surface area contributed by atoms with Crippen molar-refractivity contribution < 1.29 is 38.6 Å². The molecule has 6 atom stereocenters. The molecular formula is C50H57ClN6O8. The highest BCUT2D eigenvalue weighted by molar-refractivity contribution is 6.66. The van der Waals surface area contributed by atoms with Crippen LogP contribution in [-0.4, -0.2) is 96.3 Å². The minimum Gasteiger partial charge on any atom is -0.407 e.